The Morgan fingerprint density at radius 3 is 3.00 bits per heavy atom. The van der Waals surface area contributed by atoms with Gasteiger partial charge in [0.1, 0.15) is 11.5 Å². The summed E-state index contributed by atoms with van der Waals surface area (Å²) < 4.78 is 7.04. The SMILES string of the molecule is CCc1onc(C)c1[C@@H]1CCCN1C(=O)c1ccn(C)n1. The quantitative estimate of drug-likeness (QED) is 0.869. The first-order chi connectivity index (χ1) is 10.1. The highest BCUT2D eigenvalue weighted by Crippen LogP contribution is 2.36. The maximum atomic E-state index is 12.7. The number of carbonyl (C=O) groups is 1. The second kappa shape index (κ2) is 5.35. The molecule has 0 radical (unpaired) electrons. The van der Waals surface area contributed by atoms with E-state index in [-0.39, 0.29) is 11.9 Å². The van der Waals surface area contributed by atoms with Gasteiger partial charge in [0.25, 0.3) is 5.91 Å². The van der Waals surface area contributed by atoms with Crippen molar-refractivity contribution in [3.05, 3.63) is 35.0 Å². The zero-order valence-corrected chi connectivity index (χ0v) is 12.7. The van der Waals surface area contributed by atoms with E-state index in [1.807, 2.05) is 25.8 Å². The van der Waals surface area contributed by atoms with E-state index in [1.54, 1.807) is 16.9 Å². The van der Waals surface area contributed by atoms with Crippen molar-refractivity contribution in [2.45, 2.75) is 39.2 Å². The number of likely N-dealkylation sites (tertiary alicyclic amines) is 1. The minimum absolute atomic E-state index is 0.0132. The Labute approximate surface area is 123 Å². The highest BCUT2D eigenvalue weighted by molar-refractivity contribution is 5.92. The predicted molar refractivity (Wildman–Crippen MR) is 76.8 cm³/mol. The Morgan fingerprint density at radius 2 is 2.33 bits per heavy atom. The third-order valence-corrected chi connectivity index (χ3v) is 4.08. The van der Waals surface area contributed by atoms with Gasteiger partial charge in [0.2, 0.25) is 0 Å². The summed E-state index contributed by atoms with van der Waals surface area (Å²) in [6.07, 6.45) is 4.53. The fraction of sp³-hybridized carbons (Fsp3) is 0.533. The van der Waals surface area contributed by atoms with Crippen LogP contribution in [0.4, 0.5) is 0 Å². The molecule has 6 heteroatoms. The minimum Gasteiger partial charge on any atom is -0.361 e. The molecule has 1 amide bonds. The summed E-state index contributed by atoms with van der Waals surface area (Å²) >= 11 is 0. The number of nitrogens with zero attached hydrogens (tertiary/aromatic N) is 4. The van der Waals surface area contributed by atoms with Gasteiger partial charge in [0.15, 0.2) is 0 Å². The van der Waals surface area contributed by atoms with Crippen molar-refractivity contribution < 1.29 is 9.32 Å². The first-order valence-corrected chi connectivity index (χ1v) is 7.37. The van der Waals surface area contributed by atoms with Crippen LogP contribution in [0.2, 0.25) is 0 Å². The predicted octanol–water partition coefficient (Wildman–Crippen LogP) is 2.26. The molecule has 0 aromatic carbocycles. The smallest absolute Gasteiger partial charge is 0.274 e. The molecule has 1 saturated heterocycles. The third-order valence-electron chi connectivity index (χ3n) is 4.08. The second-order valence-corrected chi connectivity index (χ2v) is 5.49. The van der Waals surface area contributed by atoms with E-state index in [0.29, 0.717) is 5.69 Å². The van der Waals surface area contributed by atoms with Gasteiger partial charge in [0, 0.05) is 31.8 Å². The normalized spacial score (nSPS) is 18.4. The lowest BCUT2D eigenvalue weighted by molar-refractivity contribution is 0.0727. The molecule has 1 fully saturated rings. The molecule has 0 saturated carbocycles. The molecule has 21 heavy (non-hydrogen) atoms. The van der Waals surface area contributed by atoms with Crippen molar-refractivity contribution in [2.24, 2.45) is 7.05 Å². The number of aryl methyl sites for hydroxylation is 3. The molecule has 1 aliphatic heterocycles. The van der Waals surface area contributed by atoms with Gasteiger partial charge in [-0.25, -0.2) is 0 Å². The first kappa shape index (κ1) is 13.9. The topological polar surface area (TPSA) is 64.2 Å². The summed E-state index contributed by atoms with van der Waals surface area (Å²) in [5, 5.41) is 8.29. The van der Waals surface area contributed by atoms with E-state index >= 15 is 0 Å². The summed E-state index contributed by atoms with van der Waals surface area (Å²) in [6.45, 7) is 4.75. The van der Waals surface area contributed by atoms with Crippen molar-refractivity contribution in [1.29, 1.82) is 0 Å². The lowest BCUT2D eigenvalue weighted by Crippen LogP contribution is -2.31. The molecule has 3 rings (SSSR count). The van der Waals surface area contributed by atoms with Crippen molar-refractivity contribution in [3.8, 4) is 0 Å². The summed E-state index contributed by atoms with van der Waals surface area (Å²) in [5.74, 6) is 0.874. The van der Waals surface area contributed by atoms with E-state index in [4.69, 9.17) is 4.52 Å². The molecule has 0 aliphatic carbocycles. The van der Waals surface area contributed by atoms with Crippen LogP contribution in [0.5, 0.6) is 0 Å². The molecule has 0 unspecified atom stereocenters. The maximum Gasteiger partial charge on any atom is 0.274 e. The summed E-state index contributed by atoms with van der Waals surface area (Å²) in [4.78, 5) is 14.6. The van der Waals surface area contributed by atoms with Crippen LogP contribution < -0.4 is 0 Å². The number of rotatable bonds is 3. The molecule has 0 bridgehead atoms. The van der Waals surface area contributed by atoms with Gasteiger partial charge in [-0.15, -0.1) is 0 Å². The van der Waals surface area contributed by atoms with Gasteiger partial charge in [-0.05, 0) is 25.8 Å². The van der Waals surface area contributed by atoms with Crippen LogP contribution in [0.1, 0.15) is 53.3 Å². The molecule has 0 N–H and O–H groups in total. The minimum atomic E-state index is -0.0132. The molecule has 1 aliphatic rings. The molecule has 6 nitrogen and oxygen atoms in total. The van der Waals surface area contributed by atoms with Crippen LogP contribution in [-0.4, -0.2) is 32.3 Å². The highest BCUT2D eigenvalue weighted by atomic mass is 16.5. The standard InChI is InChI=1S/C15H20N4O2/c1-4-13-14(10(2)17-21-13)12-6-5-8-19(12)15(20)11-7-9-18(3)16-11/h7,9,12H,4-6,8H2,1-3H3/t12-/m0/s1. The largest absolute Gasteiger partial charge is 0.361 e. The van der Waals surface area contributed by atoms with Crippen LogP contribution in [0.25, 0.3) is 0 Å². The zero-order chi connectivity index (χ0) is 15.0. The fourth-order valence-electron chi connectivity index (χ4n) is 3.09. The summed E-state index contributed by atoms with van der Waals surface area (Å²) in [6, 6.07) is 1.82. The molecule has 0 spiro atoms. The third kappa shape index (κ3) is 2.34. The van der Waals surface area contributed by atoms with E-state index in [0.717, 1.165) is 42.8 Å². The Morgan fingerprint density at radius 1 is 1.52 bits per heavy atom. The van der Waals surface area contributed by atoms with Gasteiger partial charge >= 0.3 is 0 Å². The second-order valence-electron chi connectivity index (χ2n) is 5.49. The fourth-order valence-corrected chi connectivity index (χ4v) is 3.09. The molecular weight excluding hydrogens is 268 g/mol. The van der Waals surface area contributed by atoms with E-state index in [1.165, 1.54) is 0 Å². The number of aromatic nitrogens is 3. The van der Waals surface area contributed by atoms with Gasteiger partial charge in [-0.1, -0.05) is 12.1 Å². The lowest BCUT2D eigenvalue weighted by Gasteiger charge is -2.24. The maximum absolute atomic E-state index is 12.7. The number of amides is 1. The van der Waals surface area contributed by atoms with E-state index < -0.39 is 0 Å². The van der Waals surface area contributed by atoms with E-state index in [9.17, 15) is 4.79 Å². The van der Waals surface area contributed by atoms with Crippen molar-refractivity contribution in [1.82, 2.24) is 19.8 Å². The Bertz CT molecular complexity index is 658. The van der Waals surface area contributed by atoms with Crippen molar-refractivity contribution in [2.75, 3.05) is 6.54 Å². The molecule has 1 atom stereocenters. The van der Waals surface area contributed by atoms with Crippen LogP contribution in [0, 0.1) is 6.92 Å². The Kier molecular flexibility index (Phi) is 3.53. The zero-order valence-electron chi connectivity index (χ0n) is 12.7. The van der Waals surface area contributed by atoms with Gasteiger partial charge in [-0.2, -0.15) is 5.10 Å². The van der Waals surface area contributed by atoms with Crippen LogP contribution >= 0.6 is 0 Å². The monoisotopic (exact) mass is 288 g/mol. The van der Waals surface area contributed by atoms with Gasteiger partial charge < -0.3 is 9.42 Å². The molecule has 3 heterocycles. The number of hydrogen-bond donors (Lipinski definition) is 0. The average Bonchev–Trinajstić information content (AvgIpc) is 3.17. The summed E-state index contributed by atoms with van der Waals surface area (Å²) in [5.41, 5.74) is 2.47. The Hall–Kier alpha value is -2.11. The molecule has 2 aromatic rings. The van der Waals surface area contributed by atoms with Crippen LogP contribution in [0.15, 0.2) is 16.8 Å². The van der Waals surface area contributed by atoms with Crippen LogP contribution in [0.3, 0.4) is 0 Å². The molecule has 2 aromatic heterocycles. The number of carbonyl (C=O) groups excluding carboxylic acids is 1. The van der Waals surface area contributed by atoms with E-state index in [2.05, 4.69) is 10.3 Å². The van der Waals surface area contributed by atoms with Gasteiger partial charge in [0.05, 0.1) is 11.7 Å². The lowest BCUT2D eigenvalue weighted by atomic mass is 10.0. The Balaban J connectivity index is 1.92. The van der Waals surface area contributed by atoms with Crippen molar-refractivity contribution in [3.63, 3.8) is 0 Å². The van der Waals surface area contributed by atoms with Gasteiger partial charge in [-0.3, -0.25) is 9.48 Å². The average molecular weight is 288 g/mol. The van der Waals surface area contributed by atoms with Crippen LogP contribution in [-0.2, 0) is 13.5 Å². The summed E-state index contributed by atoms with van der Waals surface area (Å²) in [7, 11) is 1.82. The highest BCUT2D eigenvalue weighted by Gasteiger charge is 2.35. The first-order valence-electron chi connectivity index (χ1n) is 7.37. The molecule has 112 valence electrons. The number of hydrogen-bond acceptors (Lipinski definition) is 4. The molecular formula is C15H20N4O2. The van der Waals surface area contributed by atoms with Crippen molar-refractivity contribution >= 4 is 5.91 Å².